The third-order valence-corrected chi connectivity index (χ3v) is 8.80. The number of hydrogen-bond donors (Lipinski definition) is 1. The van der Waals surface area contributed by atoms with E-state index in [2.05, 4.69) is 59.4 Å². The van der Waals surface area contributed by atoms with Crippen molar-refractivity contribution in [1.82, 2.24) is 14.0 Å². The maximum Gasteiger partial charge on any atom is 0.311 e. The van der Waals surface area contributed by atoms with Gasteiger partial charge in [0.2, 0.25) is 0 Å². The first-order valence-corrected chi connectivity index (χ1v) is 12.4. The highest BCUT2D eigenvalue weighted by molar-refractivity contribution is 6.31. The van der Waals surface area contributed by atoms with Crippen molar-refractivity contribution in [2.45, 2.75) is 45.7 Å². The number of ether oxygens (including phenoxy) is 1. The van der Waals surface area contributed by atoms with Crippen LogP contribution in [0, 0.1) is 19.8 Å². The first-order valence-electron chi connectivity index (χ1n) is 12.4. The van der Waals surface area contributed by atoms with Gasteiger partial charge in [-0.05, 0) is 50.6 Å². The molecule has 3 aromatic carbocycles. The van der Waals surface area contributed by atoms with Gasteiger partial charge in [-0.25, -0.2) is 0 Å². The van der Waals surface area contributed by atoms with Gasteiger partial charge < -0.3 is 23.9 Å². The summed E-state index contributed by atoms with van der Waals surface area (Å²) in [4.78, 5) is 28.1. The number of carbonyl (C=O) groups excluding carboxylic acids is 1. The van der Waals surface area contributed by atoms with Crippen LogP contribution in [0.5, 0.6) is 0 Å². The van der Waals surface area contributed by atoms with Gasteiger partial charge in [-0.1, -0.05) is 23.3 Å². The molecule has 3 aliphatic rings. The van der Waals surface area contributed by atoms with Crippen molar-refractivity contribution in [2.75, 3.05) is 7.05 Å². The Morgan fingerprint density at radius 1 is 1.03 bits per heavy atom. The quantitative estimate of drug-likeness (QED) is 0.349. The molecule has 0 saturated carbocycles. The van der Waals surface area contributed by atoms with Gasteiger partial charge >= 0.3 is 5.97 Å². The van der Waals surface area contributed by atoms with E-state index in [1.165, 1.54) is 0 Å². The minimum atomic E-state index is -1.07. The topological polar surface area (TPSA) is 76.7 Å². The molecule has 0 radical (unpaired) electrons. The minimum Gasteiger partial charge on any atom is -0.481 e. The lowest BCUT2D eigenvalue weighted by Gasteiger charge is -2.31. The highest BCUT2D eigenvalue weighted by Gasteiger charge is 2.55. The summed E-state index contributed by atoms with van der Waals surface area (Å²) in [6.45, 7) is 6.56. The standard InChI is InChI=1S/C29H25N3O4/c1-13-5-7-19-15(9-13)23-24-17(12-30(4)27(24)33)22-16-10-14(2)6-8-20(16)32-26(22)25(23)31(19)21-11-18(28(34)35)29(32,3)36-21/h5-10,18,21H,11-12H2,1-4H3,(H,34,35). The fourth-order valence-corrected chi connectivity index (χ4v) is 7.30. The van der Waals surface area contributed by atoms with Gasteiger partial charge in [0.15, 0.2) is 5.72 Å². The zero-order chi connectivity index (χ0) is 24.8. The molecule has 180 valence electrons. The Morgan fingerprint density at radius 3 is 2.39 bits per heavy atom. The van der Waals surface area contributed by atoms with Crippen LogP contribution < -0.4 is 0 Å². The molecule has 1 N–H and O–H groups in total. The van der Waals surface area contributed by atoms with Crippen molar-refractivity contribution in [1.29, 1.82) is 0 Å². The molecule has 3 aliphatic heterocycles. The predicted molar refractivity (Wildman–Crippen MR) is 137 cm³/mol. The molecular weight excluding hydrogens is 454 g/mol. The van der Waals surface area contributed by atoms with E-state index >= 15 is 0 Å². The average molecular weight is 480 g/mol. The van der Waals surface area contributed by atoms with Gasteiger partial charge in [-0.15, -0.1) is 0 Å². The zero-order valence-electron chi connectivity index (χ0n) is 20.5. The van der Waals surface area contributed by atoms with Crippen LogP contribution in [-0.2, 0) is 21.8 Å². The summed E-state index contributed by atoms with van der Waals surface area (Å²) >= 11 is 0. The van der Waals surface area contributed by atoms with Crippen molar-refractivity contribution >= 4 is 55.5 Å². The van der Waals surface area contributed by atoms with E-state index in [1.807, 2.05) is 14.0 Å². The second-order valence-electron chi connectivity index (χ2n) is 11.0. The summed E-state index contributed by atoms with van der Waals surface area (Å²) in [5.41, 5.74) is 6.81. The second-order valence-corrected chi connectivity index (χ2v) is 11.0. The van der Waals surface area contributed by atoms with E-state index in [4.69, 9.17) is 4.74 Å². The SMILES string of the molecule is Cc1ccc2c(c1)c1c3c(c4c5cc(C)ccc5n5c4c1n2C1CC(C(=O)O)C5(C)O1)CN(C)C3=O. The van der Waals surface area contributed by atoms with Crippen LogP contribution in [0.15, 0.2) is 36.4 Å². The highest BCUT2D eigenvalue weighted by Crippen LogP contribution is 2.56. The Morgan fingerprint density at radius 2 is 1.69 bits per heavy atom. The van der Waals surface area contributed by atoms with Crippen LogP contribution >= 0.6 is 0 Å². The number of hydrogen-bond acceptors (Lipinski definition) is 3. The molecule has 7 nitrogen and oxygen atoms in total. The summed E-state index contributed by atoms with van der Waals surface area (Å²) in [5, 5.41) is 14.4. The largest absolute Gasteiger partial charge is 0.481 e. The lowest BCUT2D eigenvalue weighted by molar-refractivity contribution is -0.158. The van der Waals surface area contributed by atoms with Gasteiger partial charge in [0.1, 0.15) is 12.1 Å². The lowest BCUT2D eigenvalue weighted by Crippen LogP contribution is -2.39. The molecule has 1 amide bonds. The molecule has 2 bridgehead atoms. The molecular formula is C29H25N3O4. The van der Waals surface area contributed by atoms with Crippen molar-refractivity contribution in [3.63, 3.8) is 0 Å². The number of amides is 1. The van der Waals surface area contributed by atoms with Crippen LogP contribution in [0.1, 0.15) is 46.6 Å². The predicted octanol–water partition coefficient (Wildman–Crippen LogP) is 5.41. The van der Waals surface area contributed by atoms with Gasteiger partial charge in [0, 0.05) is 41.6 Å². The maximum absolute atomic E-state index is 13.7. The van der Waals surface area contributed by atoms with Crippen LogP contribution in [0.3, 0.4) is 0 Å². The van der Waals surface area contributed by atoms with Gasteiger partial charge in [0.05, 0.1) is 27.6 Å². The second kappa shape index (κ2) is 6.10. The summed E-state index contributed by atoms with van der Waals surface area (Å²) in [6.07, 6.45) is -0.0922. The summed E-state index contributed by atoms with van der Waals surface area (Å²) in [7, 11) is 1.86. The maximum atomic E-state index is 13.7. The van der Waals surface area contributed by atoms with E-state index in [1.54, 1.807) is 4.90 Å². The molecule has 1 fully saturated rings. The Labute approximate surface area is 206 Å². The van der Waals surface area contributed by atoms with Gasteiger partial charge in [-0.3, -0.25) is 9.59 Å². The van der Waals surface area contributed by atoms with Crippen molar-refractivity contribution < 1.29 is 19.4 Å². The Kier molecular flexibility index (Phi) is 3.45. The Bertz CT molecular complexity index is 1890. The Hall–Kier alpha value is -3.84. The van der Waals surface area contributed by atoms with E-state index < -0.39 is 23.8 Å². The van der Waals surface area contributed by atoms with Crippen molar-refractivity contribution in [3.05, 3.63) is 58.7 Å². The van der Waals surface area contributed by atoms with Crippen molar-refractivity contribution in [2.24, 2.45) is 5.92 Å². The van der Waals surface area contributed by atoms with Crippen molar-refractivity contribution in [3.8, 4) is 0 Å². The number of aryl methyl sites for hydroxylation is 2. The number of carboxylic acids is 1. The molecule has 3 unspecified atom stereocenters. The molecule has 2 aromatic heterocycles. The monoisotopic (exact) mass is 479 g/mol. The van der Waals surface area contributed by atoms with E-state index in [-0.39, 0.29) is 5.91 Å². The first-order chi connectivity index (χ1) is 17.2. The number of aliphatic carboxylic acids is 1. The minimum absolute atomic E-state index is 0.0333. The molecule has 0 aliphatic carbocycles. The number of aromatic nitrogens is 2. The van der Waals surface area contributed by atoms with E-state index in [0.29, 0.717) is 13.0 Å². The molecule has 1 saturated heterocycles. The molecule has 5 heterocycles. The molecule has 36 heavy (non-hydrogen) atoms. The first kappa shape index (κ1) is 20.4. The fourth-order valence-electron chi connectivity index (χ4n) is 7.30. The summed E-state index contributed by atoms with van der Waals surface area (Å²) < 4.78 is 11.1. The number of fused-ring (bicyclic) bond motifs is 13. The number of nitrogens with zero attached hydrogens (tertiary/aromatic N) is 3. The van der Waals surface area contributed by atoms with Gasteiger partial charge in [0.25, 0.3) is 5.91 Å². The van der Waals surface area contributed by atoms with Gasteiger partial charge in [-0.2, -0.15) is 0 Å². The van der Waals surface area contributed by atoms with Crippen LogP contribution in [0.4, 0.5) is 0 Å². The van der Waals surface area contributed by atoms with Crippen LogP contribution in [0.25, 0.3) is 43.6 Å². The van der Waals surface area contributed by atoms with E-state index in [0.717, 1.165) is 65.9 Å². The molecule has 3 atom stereocenters. The normalized spacial score (nSPS) is 24.7. The Balaban J connectivity index is 1.75. The molecule has 0 spiro atoms. The third-order valence-electron chi connectivity index (χ3n) is 8.80. The van der Waals surface area contributed by atoms with E-state index in [9.17, 15) is 14.7 Å². The van der Waals surface area contributed by atoms with Crippen LogP contribution in [0.2, 0.25) is 0 Å². The number of carbonyl (C=O) groups is 2. The zero-order valence-corrected chi connectivity index (χ0v) is 20.5. The lowest BCUT2D eigenvalue weighted by atomic mass is 9.93. The number of benzene rings is 3. The third kappa shape index (κ3) is 2.08. The smallest absolute Gasteiger partial charge is 0.311 e. The summed E-state index contributed by atoms with van der Waals surface area (Å²) in [6, 6.07) is 12.6. The number of carboxylic acid groups (broad SMARTS) is 1. The highest BCUT2D eigenvalue weighted by atomic mass is 16.5. The average Bonchev–Trinajstić information content (AvgIpc) is 3.50. The fraction of sp³-hybridized carbons (Fsp3) is 0.310. The van der Waals surface area contributed by atoms with Crippen LogP contribution in [-0.4, -0.2) is 38.1 Å². The molecule has 5 aromatic rings. The number of rotatable bonds is 1. The molecule has 8 rings (SSSR count). The summed E-state index contributed by atoms with van der Waals surface area (Å²) in [5.74, 6) is -1.54. The molecule has 7 heteroatoms.